The lowest BCUT2D eigenvalue weighted by Crippen LogP contribution is -2.29. The van der Waals surface area contributed by atoms with Gasteiger partial charge in [0, 0.05) is 18.2 Å². The average molecular weight is 433 g/mol. The van der Waals surface area contributed by atoms with Gasteiger partial charge in [0.2, 0.25) is 0 Å². The highest BCUT2D eigenvalue weighted by molar-refractivity contribution is 8.18. The van der Waals surface area contributed by atoms with Crippen LogP contribution in [0.25, 0.3) is 17.4 Å². The van der Waals surface area contributed by atoms with Crippen LogP contribution in [0, 0.1) is 0 Å². The van der Waals surface area contributed by atoms with Gasteiger partial charge in [-0.3, -0.25) is 14.5 Å². The zero-order valence-corrected chi connectivity index (χ0v) is 17.3. The first kappa shape index (κ1) is 20.7. The van der Waals surface area contributed by atoms with Gasteiger partial charge in [0.05, 0.1) is 10.5 Å². The highest BCUT2D eigenvalue weighted by Gasteiger charge is 2.34. The molecule has 2 heterocycles. The van der Waals surface area contributed by atoms with Gasteiger partial charge in [0.25, 0.3) is 11.1 Å². The zero-order valence-electron chi connectivity index (χ0n) is 16.5. The number of benzene rings is 2. The first-order chi connectivity index (χ1) is 15.0. The Morgan fingerprint density at radius 1 is 1.00 bits per heavy atom. The summed E-state index contributed by atoms with van der Waals surface area (Å²) in [5, 5.41) is 8.72. The number of nitrogens with zero attached hydrogens (tertiary/aromatic N) is 1. The summed E-state index contributed by atoms with van der Waals surface area (Å²) >= 11 is 0.906. The molecule has 1 saturated heterocycles. The molecule has 0 saturated carbocycles. The lowest BCUT2D eigenvalue weighted by Gasteiger charge is -2.11. The van der Waals surface area contributed by atoms with Crippen molar-refractivity contribution >= 4 is 35.0 Å². The number of aryl methyl sites for hydroxylation is 1. The molecule has 4 rings (SSSR count). The van der Waals surface area contributed by atoms with Gasteiger partial charge < -0.3 is 9.52 Å². The van der Waals surface area contributed by atoms with Crippen LogP contribution in [0.4, 0.5) is 4.79 Å². The summed E-state index contributed by atoms with van der Waals surface area (Å²) in [6, 6.07) is 19.7. The predicted molar refractivity (Wildman–Crippen MR) is 119 cm³/mol. The molecule has 0 unspecified atom stereocenters. The SMILES string of the molecule is O=C(O)c1ccc(-c2ccc(/C=C3/SC(=O)N(CCCc4ccccc4)C3=O)o2)cc1. The van der Waals surface area contributed by atoms with Crippen LogP contribution in [0.3, 0.4) is 0 Å². The molecule has 2 amide bonds. The molecule has 1 fully saturated rings. The predicted octanol–water partition coefficient (Wildman–Crippen LogP) is 5.31. The van der Waals surface area contributed by atoms with E-state index in [1.165, 1.54) is 22.6 Å². The molecule has 0 bridgehead atoms. The third-order valence-electron chi connectivity index (χ3n) is 4.88. The Balaban J connectivity index is 1.41. The van der Waals surface area contributed by atoms with Crippen LogP contribution in [-0.2, 0) is 11.2 Å². The van der Waals surface area contributed by atoms with Crippen molar-refractivity contribution in [3.63, 3.8) is 0 Å². The van der Waals surface area contributed by atoms with Gasteiger partial charge in [-0.1, -0.05) is 42.5 Å². The lowest BCUT2D eigenvalue weighted by atomic mass is 10.1. The first-order valence-corrected chi connectivity index (χ1v) is 10.6. The molecule has 1 aliphatic rings. The van der Waals surface area contributed by atoms with Crippen LogP contribution in [0.1, 0.15) is 28.1 Å². The van der Waals surface area contributed by atoms with Gasteiger partial charge in [-0.15, -0.1) is 0 Å². The molecule has 1 aromatic heterocycles. The van der Waals surface area contributed by atoms with E-state index in [2.05, 4.69) is 0 Å². The summed E-state index contributed by atoms with van der Waals surface area (Å²) in [5.74, 6) is -0.310. The molecule has 31 heavy (non-hydrogen) atoms. The number of hydrogen-bond acceptors (Lipinski definition) is 5. The Kier molecular flexibility index (Phi) is 6.04. The van der Waals surface area contributed by atoms with E-state index >= 15 is 0 Å². The number of carbonyl (C=O) groups excluding carboxylic acids is 2. The van der Waals surface area contributed by atoms with Gasteiger partial charge >= 0.3 is 5.97 Å². The summed E-state index contributed by atoms with van der Waals surface area (Å²) in [5.41, 5.74) is 2.08. The van der Waals surface area contributed by atoms with Crippen molar-refractivity contribution in [3.8, 4) is 11.3 Å². The Hall–Kier alpha value is -3.58. The van der Waals surface area contributed by atoms with Crippen molar-refractivity contribution < 1.29 is 23.9 Å². The largest absolute Gasteiger partial charge is 0.478 e. The highest BCUT2D eigenvalue weighted by atomic mass is 32.2. The lowest BCUT2D eigenvalue weighted by molar-refractivity contribution is -0.122. The summed E-state index contributed by atoms with van der Waals surface area (Å²) < 4.78 is 5.77. The third-order valence-corrected chi connectivity index (χ3v) is 5.79. The molecular formula is C24H19NO5S. The molecule has 6 nitrogen and oxygen atoms in total. The minimum atomic E-state index is -0.994. The van der Waals surface area contributed by atoms with Crippen molar-refractivity contribution in [2.24, 2.45) is 0 Å². The number of furan rings is 1. The summed E-state index contributed by atoms with van der Waals surface area (Å²) in [6.07, 6.45) is 3.06. The number of carboxylic acids is 1. The maximum atomic E-state index is 12.7. The first-order valence-electron chi connectivity index (χ1n) is 9.74. The van der Waals surface area contributed by atoms with E-state index in [1.54, 1.807) is 30.3 Å². The van der Waals surface area contributed by atoms with Crippen LogP contribution in [0.2, 0.25) is 0 Å². The second-order valence-electron chi connectivity index (χ2n) is 7.01. The molecule has 156 valence electrons. The van der Waals surface area contributed by atoms with E-state index in [9.17, 15) is 14.4 Å². The van der Waals surface area contributed by atoms with E-state index in [0.717, 1.165) is 23.7 Å². The molecule has 7 heteroatoms. The fraction of sp³-hybridized carbons (Fsp3) is 0.125. The van der Waals surface area contributed by atoms with Crippen molar-refractivity contribution in [2.75, 3.05) is 6.54 Å². The van der Waals surface area contributed by atoms with Crippen LogP contribution < -0.4 is 0 Å². The van der Waals surface area contributed by atoms with Gasteiger partial charge in [0.15, 0.2) is 0 Å². The van der Waals surface area contributed by atoms with Gasteiger partial charge in [0.1, 0.15) is 11.5 Å². The van der Waals surface area contributed by atoms with Gasteiger partial charge in [-0.25, -0.2) is 4.79 Å². The summed E-state index contributed by atoms with van der Waals surface area (Å²) in [4.78, 5) is 37.5. The molecule has 1 aliphatic heterocycles. The average Bonchev–Trinajstić information content (AvgIpc) is 3.34. The van der Waals surface area contributed by atoms with Crippen molar-refractivity contribution in [3.05, 3.63) is 88.5 Å². The molecule has 0 atom stereocenters. The second kappa shape index (κ2) is 9.06. The third kappa shape index (κ3) is 4.78. The molecule has 3 aromatic rings. The van der Waals surface area contributed by atoms with E-state index in [0.29, 0.717) is 29.4 Å². The van der Waals surface area contributed by atoms with Crippen LogP contribution in [0.15, 0.2) is 76.1 Å². The standard InChI is InChI=1S/C24H19NO5S/c26-22-21(31-24(29)25(22)14-4-7-16-5-2-1-3-6-16)15-19-12-13-20(30-19)17-8-10-18(11-9-17)23(27)28/h1-3,5-6,8-13,15H,4,7,14H2,(H,27,28)/b21-15+. The van der Waals surface area contributed by atoms with Gasteiger partial charge in [-0.2, -0.15) is 0 Å². The van der Waals surface area contributed by atoms with Crippen LogP contribution in [0.5, 0.6) is 0 Å². The number of imide groups is 1. The van der Waals surface area contributed by atoms with Gasteiger partial charge in [-0.05, 0) is 54.4 Å². The normalized spacial score (nSPS) is 15.1. The fourth-order valence-electron chi connectivity index (χ4n) is 3.27. The van der Waals surface area contributed by atoms with Crippen molar-refractivity contribution in [2.45, 2.75) is 12.8 Å². The number of thioether (sulfide) groups is 1. The van der Waals surface area contributed by atoms with E-state index in [4.69, 9.17) is 9.52 Å². The maximum Gasteiger partial charge on any atom is 0.335 e. The number of amides is 2. The molecule has 0 radical (unpaired) electrons. The maximum absolute atomic E-state index is 12.7. The van der Waals surface area contributed by atoms with Crippen molar-refractivity contribution in [1.29, 1.82) is 0 Å². The number of rotatable bonds is 7. The monoisotopic (exact) mass is 433 g/mol. The summed E-state index contributed by atoms with van der Waals surface area (Å²) in [6.45, 7) is 0.371. The molecule has 1 N–H and O–H groups in total. The van der Waals surface area contributed by atoms with Crippen molar-refractivity contribution in [1.82, 2.24) is 4.90 Å². The van der Waals surface area contributed by atoms with Crippen LogP contribution >= 0.6 is 11.8 Å². The van der Waals surface area contributed by atoms with E-state index in [1.807, 2.05) is 30.3 Å². The molecular weight excluding hydrogens is 414 g/mol. The minimum Gasteiger partial charge on any atom is -0.478 e. The number of carbonyl (C=O) groups is 3. The molecule has 2 aromatic carbocycles. The quantitative estimate of drug-likeness (QED) is 0.508. The zero-order chi connectivity index (χ0) is 21.8. The summed E-state index contributed by atoms with van der Waals surface area (Å²) in [7, 11) is 0. The van der Waals surface area contributed by atoms with E-state index in [-0.39, 0.29) is 16.7 Å². The van der Waals surface area contributed by atoms with E-state index < -0.39 is 5.97 Å². The number of carboxylic acid groups (broad SMARTS) is 1. The molecule has 0 aliphatic carbocycles. The topological polar surface area (TPSA) is 87.8 Å². The van der Waals surface area contributed by atoms with Crippen LogP contribution in [-0.4, -0.2) is 33.7 Å². The Morgan fingerprint density at radius 3 is 2.45 bits per heavy atom. The number of hydrogen-bond donors (Lipinski definition) is 1. The Labute approximate surface area is 183 Å². The second-order valence-corrected chi connectivity index (χ2v) is 8.00. The number of aromatic carboxylic acids is 1. The molecule has 0 spiro atoms. The highest BCUT2D eigenvalue weighted by Crippen LogP contribution is 2.33. The Bertz CT molecular complexity index is 1150. The smallest absolute Gasteiger partial charge is 0.335 e. The fourth-order valence-corrected chi connectivity index (χ4v) is 4.12. The minimum absolute atomic E-state index is 0.191. The Morgan fingerprint density at radius 2 is 1.74 bits per heavy atom.